The summed E-state index contributed by atoms with van der Waals surface area (Å²) >= 11 is 0. The SMILES string of the molecule is COCOc1cc(C)cc(C)c1-c1cc2c(C)cn(C3CC(C)(O)C3)c2nn1. The van der Waals surface area contributed by atoms with E-state index in [1.165, 1.54) is 0 Å². The van der Waals surface area contributed by atoms with Crippen LogP contribution < -0.4 is 4.74 Å². The predicted octanol–water partition coefficient (Wildman–Crippen LogP) is 4.09. The van der Waals surface area contributed by atoms with Crippen molar-refractivity contribution in [1.82, 2.24) is 14.8 Å². The van der Waals surface area contributed by atoms with Crippen molar-refractivity contribution in [3.05, 3.63) is 41.1 Å². The summed E-state index contributed by atoms with van der Waals surface area (Å²) in [5.74, 6) is 0.750. The van der Waals surface area contributed by atoms with Gasteiger partial charge in [0.1, 0.15) is 5.75 Å². The molecule has 1 N–H and O–H groups in total. The Labute approximate surface area is 165 Å². The van der Waals surface area contributed by atoms with Crippen LogP contribution in [0.25, 0.3) is 22.3 Å². The van der Waals surface area contributed by atoms with Crippen molar-refractivity contribution >= 4 is 11.0 Å². The Morgan fingerprint density at radius 3 is 2.57 bits per heavy atom. The number of aromatic nitrogens is 3. The van der Waals surface area contributed by atoms with E-state index >= 15 is 0 Å². The predicted molar refractivity (Wildman–Crippen MR) is 109 cm³/mol. The van der Waals surface area contributed by atoms with Crippen LogP contribution >= 0.6 is 0 Å². The molecule has 0 aliphatic heterocycles. The molecule has 6 nitrogen and oxygen atoms in total. The second-order valence-electron chi connectivity index (χ2n) is 8.25. The number of ether oxygens (including phenoxy) is 2. The van der Waals surface area contributed by atoms with Gasteiger partial charge in [-0.15, -0.1) is 10.2 Å². The van der Waals surface area contributed by atoms with Crippen LogP contribution in [-0.2, 0) is 4.74 Å². The van der Waals surface area contributed by atoms with Gasteiger partial charge in [0.2, 0.25) is 0 Å². The first-order chi connectivity index (χ1) is 13.3. The Bertz CT molecular complexity index is 1030. The third-order valence-electron chi connectivity index (χ3n) is 5.55. The van der Waals surface area contributed by atoms with Gasteiger partial charge in [0.15, 0.2) is 12.4 Å². The van der Waals surface area contributed by atoms with Crippen molar-refractivity contribution in [3.63, 3.8) is 0 Å². The number of hydrogen-bond donors (Lipinski definition) is 1. The molecule has 1 saturated carbocycles. The lowest BCUT2D eigenvalue weighted by molar-refractivity contribution is -0.0498. The number of nitrogens with zero attached hydrogens (tertiary/aromatic N) is 3. The third-order valence-corrected chi connectivity index (χ3v) is 5.55. The van der Waals surface area contributed by atoms with Crippen molar-refractivity contribution in [2.24, 2.45) is 0 Å². The largest absolute Gasteiger partial charge is 0.467 e. The average Bonchev–Trinajstić information content (AvgIpc) is 2.93. The normalized spacial score (nSPS) is 21.7. The fraction of sp³-hybridized carbons (Fsp3) is 0.455. The number of methoxy groups -OCH3 is 1. The molecule has 3 aromatic rings. The molecule has 0 spiro atoms. The molecule has 28 heavy (non-hydrogen) atoms. The highest BCUT2D eigenvalue weighted by Gasteiger charge is 2.40. The minimum atomic E-state index is -0.574. The summed E-state index contributed by atoms with van der Waals surface area (Å²) in [5.41, 5.74) is 5.39. The summed E-state index contributed by atoms with van der Waals surface area (Å²) in [4.78, 5) is 0. The molecule has 0 amide bonds. The molecule has 0 bridgehead atoms. The highest BCUT2D eigenvalue weighted by atomic mass is 16.7. The Morgan fingerprint density at radius 1 is 1.14 bits per heavy atom. The smallest absolute Gasteiger partial charge is 0.188 e. The number of aryl methyl sites for hydroxylation is 3. The molecule has 1 aliphatic rings. The fourth-order valence-corrected chi connectivity index (χ4v) is 4.25. The Hall–Kier alpha value is -2.44. The van der Waals surface area contributed by atoms with Gasteiger partial charge in [-0.05, 0) is 69.4 Å². The molecule has 0 unspecified atom stereocenters. The van der Waals surface area contributed by atoms with E-state index < -0.39 is 5.60 Å². The van der Waals surface area contributed by atoms with Gasteiger partial charge in [0.25, 0.3) is 0 Å². The fourth-order valence-electron chi connectivity index (χ4n) is 4.25. The van der Waals surface area contributed by atoms with E-state index in [2.05, 4.69) is 46.9 Å². The number of rotatable bonds is 5. The Balaban J connectivity index is 1.78. The molecule has 6 heteroatoms. The topological polar surface area (TPSA) is 69.4 Å². The van der Waals surface area contributed by atoms with E-state index in [-0.39, 0.29) is 12.8 Å². The second-order valence-corrected chi connectivity index (χ2v) is 8.25. The third kappa shape index (κ3) is 3.27. The maximum atomic E-state index is 10.1. The number of hydrogen-bond acceptors (Lipinski definition) is 5. The van der Waals surface area contributed by atoms with Gasteiger partial charge >= 0.3 is 0 Å². The van der Waals surface area contributed by atoms with Crippen LogP contribution in [0.4, 0.5) is 0 Å². The molecule has 1 aromatic carbocycles. The maximum Gasteiger partial charge on any atom is 0.188 e. The molecule has 4 rings (SSSR count). The quantitative estimate of drug-likeness (QED) is 0.674. The Kier molecular flexibility index (Phi) is 4.63. The summed E-state index contributed by atoms with van der Waals surface area (Å²) < 4.78 is 13.1. The van der Waals surface area contributed by atoms with Crippen LogP contribution in [-0.4, -0.2) is 39.4 Å². The zero-order valence-corrected chi connectivity index (χ0v) is 17.1. The molecule has 2 heterocycles. The summed E-state index contributed by atoms with van der Waals surface area (Å²) in [5, 5.41) is 20.3. The highest BCUT2D eigenvalue weighted by Crippen LogP contribution is 2.43. The standard InChI is InChI=1S/C22H27N3O3/c1-13-6-14(2)20(19(7-13)28-12-27-5)18-8-17-15(3)11-25(21(17)24-23-18)16-9-22(4,26)10-16/h6-8,11,16,26H,9-10,12H2,1-5H3. The second kappa shape index (κ2) is 6.87. The van der Waals surface area contributed by atoms with Crippen LogP contribution in [0, 0.1) is 20.8 Å². The monoisotopic (exact) mass is 381 g/mol. The summed E-state index contributed by atoms with van der Waals surface area (Å²) in [6.45, 7) is 8.26. The molecule has 0 radical (unpaired) electrons. The van der Waals surface area contributed by atoms with E-state index in [0.29, 0.717) is 0 Å². The summed E-state index contributed by atoms with van der Waals surface area (Å²) in [7, 11) is 1.61. The highest BCUT2D eigenvalue weighted by molar-refractivity contribution is 5.85. The van der Waals surface area contributed by atoms with Crippen LogP contribution in [0.15, 0.2) is 24.4 Å². The minimum Gasteiger partial charge on any atom is -0.467 e. The van der Waals surface area contributed by atoms with Gasteiger partial charge in [0.05, 0.1) is 11.3 Å². The number of benzene rings is 1. The molecular formula is C22H27N3O3. The van der Waals surface area contributed by atoms with Gasteiger partial charge < -0.3 is 19.1 Å². The first-order valence-electron chi connectivity index (χ1n) is 9.59. The van der Waals surface area contributed by atoms with Crippen molar-refractivity contribution < 1.29 is 14.6 Å². The zero-order chi connectivity index (χ0) is 20.1. The van der Waals surface area contributed by atoms with Crippen molar-refractivity contribution in [1.29, 1.82) is 0 Å². The molecule has 1 fully saturated rings. The maximum absolute atomic E-state index is 10.1. The molecule has 1 aliphatic carbocycles. The van der Waals surface area contributed by atoms with Crippen LogP contribution in [0.5, 0.6) is 5.75 Å². The molecule has 2 aromatic heterocycles. The Morgan fingerprint density at radius 2 is 1.89 bits per heavy atom. The van der Waals surface area contributed by atoms with Gasteiger partial charge in [-0.2, -0.15) is 0 Å². The number of aliphatic hydroxyl groups is 1. The summed E-state index contributed by atoms with van der Waals surface area (Å²) in [6, 6.07) is 6.48. The van der Waals surface area contributed by atoms with Gasteiger partial charge in [-0.3, -0.25) is 0 Å². The van der Waals surface area contributed by atoms with Gasteiger partial charge in [0, 0.05) is 30.3 Å². The van der Waals surface area contributed by atoms with Crippen LogP contribution in [0.3, 0.4) is 0 Å². The molecule has 0 atom stereocenters. The van der Waals surface area contributed by atoms with Crippen molar-refractivity contribution in [2.75, 3.05) is 13.9 Å². The van der Waals surface area contributed by atoms with E-state index in [1.807, 2.05) is 19.9 Å². The zero-order valence-electron chi connectivity index (χ0n) is 17.1. The molecule has 0 saturated heterocycles. The van der Waals surface area contributed by atoms with Crippen LogP contribution in [0.2, 0.25) is 0 Å². The first kappa shape index (κ1) is 18.9. The van der Waals surface area contributed by atoms with Gasteiger partial charge in [-0.25, -0.2) is 0 Å². The lowest BCUT2D eigenvalue weighted by Gasteiger charge is -2.41. The minimum absolute atomic E-state index is 0.183. The van der Waals surface area contributed by atoms with Crippen molar-refractivity contribution in [2.45, 2.75) is 52.2 Å². The number of fused-ring (bicyclic) bond motifs is 1. The van der Waals surface area contributed by atoms with E-state index in [0.717, 1.165) is 57.6 Å². The lowest BCUT2D eigenvalue weighted by atomic mass is 9.77. The van der Waals surface area contributed by atoms with Gasteiger partial charge in [-0.1, -0.05) is 6.07 Å². The van der Waals surface area contributed by atoms with E-state index in [9.17, 15) is 5.11 Å². The first-order valence-corrected chi connectivity index (χ1v) is 9.59. The summed E-state index contributed by atoms with van der Waals surface area (Å²) in [6.07, 6.45) is 3.60. The van der Waals surface area contributed by atoms with E-state index in [4.69, 9.17) is 9.47 Å². The lowest BCUT2D eigenvalue weighted by Crippen LogP contribution is -2.41. The van der Waals surface area contributed by atoms with Crippen LogP contribution in [0.1, 0.15) is 42.5 Å². The molecular weight excluding hydrogens is 354 g/mol. The van der Waals surface area contributed by atoms with E-state index in [1.54, 1.807) is 7.11 Å². The average molecular weight is 381 g/mol. The van der Waals surface area contributed by atoms with Crippen molar-refractivity contribution in [3.8, 4) is 17.0 Å². The molecule has 148 valence electrons.